The lowest BCUT2D eigenvalue weighted by molar-refractivity contribution is -0.137. The molecule has 1 aromatic rings. The smallest absolute Gasteiger partial charge is 0.228 e. The van der Waals surface area contributed by atoms with E-state index in [0.717, 1.165) is 25.7 Å². The second kappa shape index (κ2) is 6.09. The van der Waals surface area contributed by atoms with Crippen molar-refractivity contribution in [3.8, 4) is 0 Å². The van der Waals surface area contributed by atoms with Gasteiger partial charge in [-0.05, 0) is 55.9 Å². The van der Waals surface area contributed by atoms with E-state index in [-0.39, 0.29) is 30.0 Å². The van der Waals surface area contributed by atoms with Crippen LogP contribution in [0.5, 0.6) is 0 Å². The Bertz CT molecular complexity index is 678. The van der Waals surface area contributed by atoms with Gasteiger partial charge in [0.25, 0.3) is 0 Å². The zero-order valence-corrected chi connectivity index (χ0v) is 14.2. The summed E-state index contributed by atoms with van der Waals surface area (Å²) in [6.07, 6.45) is 3.65. The molecular formula is C19H23FN2O3. The number of halogens is 1. The Balaban J connectivity index is 1.37. The molecule has 1 unspecified atom stereocenters. The number of aliphatic hydroxyl groups is 1. The molecule has 0 radical (unpaired) electrons. The van der Waals surface area contributed by atoms with Crippen molar-refractivity contribution >= 4 is 17.5 Å². The highest BCUT2D eigenvalue weighted by molar-refractivity contribution is 6.00. The Kier molecular flexibility index (Phi) is 4.02. The average molecular weight is 346 g/mol. The van der Waals surface area contributed by atoms with Crippen molar-refractivity contribution in [3.63, 3.8) is 0 Å². The van der Waals surface area contributed by atoms with E-state index in [1.54, 1.807) is 17.0 Å². The summed E-state index contributed by atoms with van der Waals surface area (Å²) in [5.74, 6) is -0.440. The summed E-state index contributed by atoms with van der Waals surface area (Å²) in [4.78, 5) is 28.5. The molecule has 0 aromatic heterocycles. The van der Waals surface area contributed by atoms with Gasteiger partial charge in [0.05, 0.1) is 11.5 Å². The molecule has 134 valence electrons. The molecule has 4 rings (SSSR count). The van der Waals surface area contributed by atoms with Crippen LogP contribution < -0.4 is 4.90 Å². The van der Waals surface area contributed by atoms with Crippen LogP contribution in [0.3, 0.4) is 0 Å². The third-order valence-electron chi connectivity index (χ3n) is 5.94. The van der Waals surface area contributed by atoms with Crippen molar-refractivity contribution in [3.05, 3.63) is 30.1 Å². The molecule has 2 amide bonds. The van der Waals surface area contributed by atoms with Crippen LogP contribution in [-0.4, -0.2) is 47.1 Å². The van der Waals surface area contributed by atoms with Crippen LogP contribution in [0.25, 0.3) is 0 Å². The van der Waals surface area contributed by atoms with Crippen LogP contribution in [0.4, 0.5) is 10.1 Å². The molecule has 1 aliphatic carbocycles. The van der Waals surface area contributed by atoms with Gasteiger partial charge in [0.1, 0.15) is 5.82 Å². The van der Waals surface area contributed by atoms with E-state index in [1.165, 1.54) is 12.1 Å². The number of carbonyl (C=O) groups excluding carboxylic acids is 2. The lowest BCUT2D eigenvalue weighted by Gasteiger charge is -2.35. The highest BCUT2D eigenvalue weighted by atomic mass is 19.1. The number of nitrogens with zero attached hydrogens (tertiary/aromatic N) is 2. The lowest BCUT2D eigenvalue weighted by atomic mass is 9.89. The monoisotopic (exact) mass is 346 g/mol. The summed E-state index contributed by atoms with van der Waals surface area (Å²) in [6.45, 7) is 1.67. The Morgan fingerprint density at radius 1 is 1.16 bits per heavy atom. The number of amides is 2. The molecule has 1 atom stereocenters. The molecule has 3 fully saturated rings. The average Bonchev–Trinajstić information content (AvgIpc) is 3.26. The van der Waals surface area contributed by atoms with Crippen LogP contribution in [0.15, 0.2) is 24.3 Å². The Morgan fingerprint density at radius 2 is 1.80 bits per heavy atom. The van der Waals surface area contributed by atoms with Crippen molar-refractivity contribution in [1.29, 1.82) is 0 Å². The van der Waals surface area contributed by atoms with E-state index in [1.807, 2.05) is 4.90 Å². The minimum atomic E-state index is -0.474. The number of anilines is 1. The fraction of sp³-hybridized carbons (Fsp3) is 0.579. The first-order chi connectivity index (χ1) is 12.0. The lowest BCUT2D eigenvalue weighted by Crippen LogP contribution is -2.44. The van der Waals surface area contributed by atoms with Crippen LogP contribution in [0.1, 0.15) is 32.1 Å². The summed E-state index contributed by atoms with van der Waals surface area (Å²) >= 11 is 0. The van der Waals surface area contributed by atoms with Crippen LogP contribution in [-0.2, 0) is 9.59 Å². The molecule has 1 saturated carbocycles. The van der Waals surface area contributed by atoms with Gasteiger partial charge in [0.2, 0.25) is 11.8 Å². The van der Waals surface area contributed by atoms with Gasteiger partial charge >= 0.3 is 0 Å². The maximum atomic E-state index is 13.1. The fourth-order valence-electron chi connectivity index (χ4n) is 4.18. The number of piperidine rings is 1. The van der Waals surface area contributed by atoms with Crippen molar-refractivity contribution in [1.82, 2.24) is 4.90 Å². The van der Waals surface area contributed by atoms with Crippen molar-refractivity contribution in [2.75, 3.05) is 24.5 Å². The van der Waals surface area contributed by atoms with E-state index in [2.05, 4.69) is 0 Å². The predicted octanol–water partition coefficient (Wildman–Crippen LogP) is 1.94. The number of carbonyl (C=O) groups is 2. The van der Waals surface area contributed by atoms with Gasteiger partial charge in [-0.15, -0.1) is 0 Å². The highest BCUT2D eigenvalue weighted by Crippen LogP contribution is 2.46. The summed E-state index contributed by atoms with van der Waals surface area (Å²) in [7, 11) is 0. The van der Waals surface area contributed by atoms with Crippen molar-refractivity contribution < 1.29 is 19.1 Å². The maximum Gasteiger partial charge on any atom is 0.228 e. The zero-order valence-electron chi connectivity index (χ0n) is 14.2. The first-order valence-electron chi connectivity index (χ1n) is 9.03. The molecule has 0 bridgehead atoms. The topological polar surface area (TPSA) is 60.9 Å². The highest BCUT2D eigenvalue weighted by Gasteiger charge is 2.49. The number of hydrogen-bond donors (Lipinski definition) is 1. The molecule has 2 heterocycles. The van der Waals surface area contributed by atoms with E-state index in [9.17, 15) is 19.1 Å². The second-order valence-corrected chi connectivity index (χ2v) is 7.58. The van der Waals surface area contributed by atoms with E-state index in [4.69, 9.17) is 0 Å². The van der Waals surface area contributed by atoms with Crippen molar-refractivity contribution in [2.45, 2.75) is 37.7 Å². The van der Waals surface area contributed by atoms with E-state index in [0.29, 0.717) is 31.2 Å². The zero-order chi connectivity index (χ0) is 17.6. The molecule has 3 aliphatic rings. The van der Waals surface area contributed by atoms with Gasteiger partial charge in [-0.25, -0.2) is 4.39 Å². The Hall–Kier alpha value is -1.95. The van der Waals surface area contributed by atoms with Crippen LogP contribution in [0, 0.1) is 17.7 Å². The van der Waals surface area contributed by atoms with E-state index < -0.39 is 5.60 Å². The minimum absolute atomic E-state index is 0.0270. The standard InChI is InChI=1S/C19H23FN2O3/c20-15-1-3-16(4-2-15)22-12-13(11-17(22)23)18(24)21-9-5-14(6-10-21)19(25)7-8-19/h1-4,13-14,25H,5-12H2. The molecular weight excluding hydrogens is 323 g/mol. The molecule has 1 aromatic carbocycles. The molecule has 6 heteroatoms. The van der Waals surface area contributed by atoms with Gasteiger partial charge in [-0.3, -0.25) is 9.59 Å². The van der Waals surface area contributed by atoms with Gasteiger partial charge < -0.3 is 14.9 Å². The molecule has 1 N–H and O–H groups in total. The number of rotatable bonds is 3. The second-order valence-electron chi connectivity index (χ2n) is 7.58. The van der Waals surface area contributed by atoms with Crippen molar-refractivity contribution in [2.24, 2.45) is 11.8 Å². The quantitative estimate of drug-likeness (QED) is 0.910. The minimum Gasteiger partial charge on any atom is -0.390 e. The van der Waals surface area contributed by atoms with Gasteiger partial charge in [-0.2, -0.15) is 0 Å². The summed E-state index contributed by atoms with van der Waals surface area (Å²) in [5.41, 5.74) is 0.161. The van der Waals surface area contributed by atoms with Gasteiger partial charge in [-0.1, -0.05) is 0 Å². The van der Waals surface area contributed by atoms with Gasteiger partial charge in [0, 0.05) is 31.7 Å². The van der Waals surface area contributed by atoms with E-state index >= 15 is 0 Å². The molecule has 25 heavy (non-hydrogen) atoms. The fourth-order valence-corrected chi connectivity index (χ4v) is 4.18. The summed E-state index contributed by atoms with van der Waals surface area (Å²) < 4.78 is 13.1. The van der Waals surface area contributed by atoms with Crippen LogP contribution >= 0.6 is 0 Å². The normalized spacial score (nSPS) is 26.2. The first kappa shape index (κ1) is 16.5. The predicted molar refractivity (Wildman–Crippen MR) is 90.3 cm³/mol. The first-order valence-corrected chi connectivity index (χ1v) is 9.03. The van der Waals surface area contributed by atoms with Crippen LogP contribution in [0.2, 0.25) is 0 Å². The number of likely N-dealkylation sites (tertiary alicyclic amines) is 1. The van der Waals surface area contributed by atoms with Gasteiger partial charge in [0.15, 0.2) is 0 Å². The Labute approximate surface area is 146 Å². The largest absolute Gasteiger partial charge is 0.390 e. The third-order valence-corrected chi connectivity index (χ3v) is 5.94. The third kappa shape index (κ3) is 3.15. The maximum absolute atomic E-state index is 13.1. The SMILES string of the molecule is O=C(C1CC(=O)N(c2ccc(F)cc2)C1)N1CCC(C2(O)CC2)CC1. The molecule has 2 saturated heterocycles. The molecule has 0 spiro atoms. The number of hydrogen-bond acceptors (Lipinski definition) is 3. The molecule has 5 nitrogen and oxygen atoms in total. The number of benzene rings is 1. The Morgan fingerprint density at radius 3 is 2.40 bits per heavy atom. The molecule has 2 aliphatic heterocycles. The summed E-state index contributed by atoms with van der Waals surface area (Å²) in [5, 5.41) is 10.2. The summed E-state index contributed by atoms with van der Waals surface area (Å²) in [6, 6.07) is 5.79.